The van der Waals surface area contributed by atoms with Crippen LogP contribution >= 0.6 is 0 Å². The number of carbonyl (C=O) groups excluding carboxylic acids is 3. The van der Waals surface area contributed by atoms with Crippen LogP contribution in [0.25, 0.3) is 10.9 Å². The molecule has 3 fully saturated rings. The zero-order valence-corrected chi connectivity index (χ0v) is 17.9. The van der Waals surface area contributed by atoms with Gasteiger partial charge in [-0.15, -0.1) is 0 Å². The molecule has 2 saturated heterocycles. The van der Waals surface area contributed by atoms with E-state index in [1.165, 1.54) is 15.8 Å². The first-order valence-corrected chi connectivity index (χ1v) is 11.6. The molecule has 4 amide bonds. The number of aromatic nitrogens is 1. The Morgan fingerprint density at radius 2 is 1.84 bits per heavy atom. The van der Waals surface area contributed by atoms with Crippen LogP contribution in [0.3, 0.4) is 0 Å². The minimum absolute atomic E-state index is 0.0954. The third-order valence-electron chi connectivity index (χ3n) is 7.38. The topological polar surface area (TPSA) is 85.5 Å². The van der Waals surface area contributed by atoms with Crippen molar-refractivity contribution in [3.05, 3.63) is 36.0 Å². The van der Waals surface area contributed by atoms with Crippen molar-refractivity contribution in [2.24, 2.45) is 0 Å². The summed E-state index contributed by atoms with van der Waals surface area (Å²) < 4.78 is 0. The maximum Gasteiger partial charge on any atom is 0.325 e. The Bertz CT molecular complexity index is 999. The number of likely N-dealkylation sites (tertiary alicyclic amines) is 1. The number of nitrogens with zero attached hydrogens (tertiary/aromatic N) is 2. The van der Waals surface area contributed by atoms with Gasteiger partial charge in [-0.1, -0.05) is 31.0 Å². The Morgan fingerprint density at radius 3 is 2.61 bits per heavy atom. The molecular weight excluding hydrogens is 392 g/mol. The van der Waals surface area contributed by atoms with Gasteiger partial charge in [-0.2, -0.15) is 0 Å². The molecule has 164 valence electrons. The highest BCUT2D eigenvalue weighted by Crippen LogP contribution is 2.35. The van der Waals surface area contributed by atoms with E-state index in [-0.39, 0.29) is 17.8 Å². The number of benzene rings is 1. The van der Waals surface area contributed by atoms with E-state index in [4.69, 9.17) is 0 Å². The van der Waals surface area contributed by atoms with Crippen molar-refractivity contribution in [3.63, 3.8) is 0 Å². The van der Waals surface area contributed by atoms with Gasteiger partial charge in [-0.05, 0) is 49.7 Å². The molecular formula is C24H30N4O3. The van der Waals surface area contributed by atoms with Crippen LogP contribution in [0.5, 0.6) is 0 Å². The number of amides is 4. The maximum atomic E-state index is 12.7. The number of rotatable bonds is 5. The van der Waals surface area contributed by atoms with Crippen LogP contribution in [0.1, 0.15) is 62.8 Å². The van der Waals surface area contributed by atoms with E-state index in [2.05, 4.69) is 34.7 Å². The van der Waals surface area contributed by atoms with Crippen LogP contribution < -0.4 is 5.32 Å². The fourth-order valence-electron chi connectivity index (χ4n) is 5.61. The van der Waals surface area contributed by atoms with Gasteiger partial charge in [0.15, 0.2) is 0 Å². The molecule has 7 heteroatoms. The van der Waals surface area contributed by atoms with Gasteiger partial charge in [-0.25, -0.2) is 4.79 Å². The summed E-state index contributed by atoms with van der Waals surface area (Å²) in [5.41, 5.74) is 1.85. The van der Waals surface area contributed by atoms with Crippen molar-refractivity contribution < 1.29 is 14.4 Å². The van der Waals surface area contributed by atoms with E-state index in [1.54, 1.807) is 0 Å². The third-order valence-corrected chi connectivity index (χ3v) is 7.38. The molecule has 2 N–H and O–H groups in total. The Kier molecular flexibility index (Phi) is 5.20. The largest absolute Gasteiger partial charge is 0.361 e. The summed E-state index contributed by atoms with van der Waals surface area (Å²) in [4.78, 5) is 44.3. The number of imide groups is 1. The molecule has 1 aliphatic carbocycles. The minimum atomic E-state index is -0.661. The highest BCUT2D eigenvalue weighted by molar-refractivity contribution is 6.07. The van der Waals surface area contributed by atoms with Gasteiger partial charge in [0, 0.05) is 43.2 Å². The van der Waals surface area contributed by atoms with E-state index >= 15 is 0 Å². The average Bonchev–Trinajstić information content (AvgIpc) is 3.49. The number of H-pyrrole nitrogens is 1. The van der Waals surface area contributed by atoms with E-state index in [0.29, 0.717) is 25.3 Å². The molecule has 1 aromatic heterocycles. The number of piperidine rings is 1. The second kappa shape index (κ2) is 8.02. The molecule has 2 aromatic rings. The second-order valence-corrected chi connectivity index (χ2v) is 9.22. The van der Waals surface area contributed by atoms with Crippen LogP contribution in [0.4, 0.5) is 4.79 Å². The predicted octanol–water partition coefficient (Wildman–Crippen LogP) is 3.52. The van der Waals surface area contributed by atoms with Crippen molar-refractivity contribution in [2.75, 3.05) is 19.6 Å². The molecule has 1 aromatic carbocycles. The Hall–Kier alpha value is -2.83. The Morgan fingerprint density at radius 1 is 1.10 bits per heavy atom. The molecule has 3 aliphatic rings. The first-order chi connectivity index (χ1) is 15.1. The summed E-state index contributed by atoms with van der Waals surface area (Å²) in [7, 11) is 0. The van der Waals surface area contributed by atoms with Crippen molar-refractivity contribution in [1.29, 1.82) is 0 Å². The summed E-state index contributed by atoms with van der Waals surface area (Å²) in [6.07, 6.45) is 8.36. The normalized spacial score (nSPS) is 21.4. The van der Waals surface area contributed by atoms with E-state index in [0.717, 1.165) is 57.1 Å². The monoisotopic (exact) mass is 422 g/mol. The standard InChI is InChI=1S/C24H30N4O3/c29-21(8-5-13-28-22(30)24(26-23(28)31)11-3-4-12-24)27-14-9-17(10-15-27)19-16-25-20-7-2-1-6-18(19)20/h1-2,6-7,16-17,25H,3-5,8-15H2,(H,26,31). The molecule has 3 heterocycles. The van der Waals surface area contributed by atoms with Gasteiger partial charge in [0.25, 0.3) is 5.91 Å². The molecule has 7 nitrogen and oxygen atoms in total. The summed E-state index contributed by atoms with van der Waals surface area (Å²) in [5, 5.41) is 4.18. The molecule has 0 radical (unpaired) electrons. The molecule has 0 unspecified atom stereocenters. The summed E-state index contributed by atoms with van der Waals surface area (Å²) in [5.74, 6) is 0.496. The number of fused-ring (bicyclic) bond motifs is 1. The lowest BCUT2D eigenvalue weighted by molar-refractivity contribution is -0.134. The first kappa shape index (κ1) is 20.1. The van der Waals surface area contributed by atoms with Crippen LogP contribution in [0, 0.1) is 0 Å². The lowest BCUT2D eigenvalue weighted by Gasteiger charge is -2.32. The van der Waals surface area contributed by atoms with Crippen molar-refractivity contribution in [3.8, 4) is 0 Å². The predicted molar refractivity (Wildman–Crippen MR) is 118 cm³/mol. The zero-order valence-electron chi connectivity index (χ0n) is 17.9. The van der Waals surface area contributed by atoms with Crippen molar-refractivity contribution >= 4 is 28.7 Å². The van der Waals surface area contributed by atoms with Crippen molar-refractivity contribution in [1.82, 2.24) is 20.1 Å². The Labute approximate surface area is 182 Å². The lowest BCUT2D eigenvalue weighted by atomic mass is 9.89. The number of carbonyl (C=O) groups is 3. The van der Waals surface area contributed by atoms with Gasteiger partial charge in [0.1, 0.15) is 5.54 Å². The average molecular weight is 423 g/mol. The number of nitrogens with one attached hydrogen (secondary N) is 2. The second-order valence-electron chi connectivity index (χ2n) is 9.22. The fourth-order valence-corrected chi connectivity index (χ4v) is 5.61. The molecule has 0 bridgehead atoms. The van der Waals surface area contributed by atoms with Crippen LogP contribution in [0.15, 0.2) is 30.5 Å². The first-order valence-electron chi connectivity index (χ1n) is 11.6. The lowest BCUT2D eigenvalue weighted by Crippen LogP contribution is -2.44. The zero-order chi connectivity index (χ0) is 21.4. The number of hydrogen-bond donors (Lipinski definition) is 2. The molecule has 0 atom stereocenters. The van der Waals surface area contributed by atoms with E-state index in [1.807, 2.05) is 11.0 Å². The van der Waals surface area contributed by atoms with Crippen molar-refractivity contribution in [2.45, 2.75) is 62.8 Å². The van der Waals surface area contributed by atoms with Gasteiger partial charge in [0.2, 0.25) is 5.91 Å². The quantitative estimate of drug-likeness (QED) is 0.723. The van der Waals surface area contributed by atoms with Crippen LogP contribution in [0.2, 0.25) is 0 Å². The maximum absolute atomic E-state index is 12.7. The third kappa shape index (κ3) is 3.60. The number of hydrogen-bond acceptors (Lipinski definition) is 3. The molecule has 31 heavy (non-hydrogen) atoms. The van der Waals surface area contributed by atoms with E-state index in [9.17, 15) is 14.4 Å². The fraction of sp³-hybridized carbons (Fsp3) is 0.542. The molecule has 5 rings (SSSR count). The smallest absolute Gasteiger partial charge is 0.325 e. The minimum Gasteiger partial charge on any atom is -0.361 e. The highest BCUT2D eigenvalue weighted by atomic mass is 16.2. The Balaban J connectivity index is 1.11. The van der Waals surface area contributed by atoms with Crippen LogP contribution in [-0.4, -0.2) is 57.8 Å². The summed E-state index contributed by atoms with van der Waals surface area (Å²) >= 11 is 0. The summed E-state index contributed by atoms with van der Waals surface area (Å²) in [6, 6.07) is 8.07. The number of urea groups is 1. The molecule has 1 spiro atoms. The highest BCUT2D eigenvalue weighted by Gasteiger charge is 2.52. The number of para-hydroxylation sites is 1. The number of aromatic amines is 1. The van der Waals surface area contributed by atoms with Gasteiger partial charge < -0.3 is 15.2 Å². The van der Waals surface area contributed by atoms with Crippen LogP contribution in [-0.2, 0) is 9.59 Å². The van der Waals surface area contributed by atoms with Gasteiger partial charge in [-0.3, -0.25) is 14.5 Å². The van der Waals surface area contributed by atoms with Gasteiger partial charge >= 0.3 is 6.03 Å². The SMILES string of the molecule is O=C(CCCN1C(=O)NC2(CCCC2)C1=O)N1CCC(c2c[nH]c3ccccc23)CC1. The summed E-state index contributed by atoms with van der Waals surface area (Å²) in [6.45, 7) is 1.84. The van der Waals surface area contributed by atoms with Gasteiger partial charge in [0.05, 0.1) is 0 Å². The molecule has 1 saturated carbocycles. The molecule has 2 aliphatic heterocycles. The van der Waals surface area contributed by atoms with E-state index < -0.39 is 5.54 Å².